The summed E-state index contributed by atoms with van der Waals surface area (Å²) in [6.07, 6.45) is 1.79. The van der Waals surface area contributed by atoms with E-state index in [1.54, 1.807) is 29.7 Å². The topological polar surface area (TPSA) is 28.2 Å². The number of benzene rings is 1. The quantitative estimate of drug-likeness (QED) is 0.673. The van der Waals surface area contributed by atoms with E-state index in [0.717, 1.165) is 11.4 Å². The van der Waals surface area contributed by atoms with Crippen LogP contribution in [-0.4, -0.2) is 10.1 Å². The van der Waals surface area contributed by atoms with Gasteiger partial charge in [0.1, 0.15) is 5.82 Å². The minimum Gasteiger partial charge on any atom is -0.351 e. The maximum atomic E-state index is 13.4. The Labute approximate surface area is 155 Å². The molecule has 126 valence electrons. The molecule has 3 heterocycles. The summed E-state index contributed by atoms with van der Waals surface area (Å²) in [4.78, 5) is 7.81. The third kappa shape index (κ3) is 2.92. The van der Waals surface area contributed by atoms with Gasteiger partial charge in [0.2, 0.25) is 0 Å². The molecule has 1 saturated heterocycles. The van der Waals surface area contributed by atoms with Crippen molar-refractivity contribution in [3.63, 3.8) is 0 Å². The fourth-order valence-corrected chi connectivity index (χ4v) is 4.59. The van der Waals surface area contributed by atoms with E-state index in [1.165, 1.54) is 22.6 Å². The van der Waals surface area contributed by atoms with Crippen molar-refractivity contribution in [2.24, 2.45) is 0 Å². The molecular formula is C19H16FN3S2. The first-order chi connectivity index (χ1) is 12.1. The van der Waals surface area contributed by atoms with Gasteiger partial charge in [0.15, 0.2) is 5.11 Å². The van der Waals surface area contributed by atoms with E-state index in [4.69, 9.17) is 12.2 Å². The summed E-state index contributed by atoms with van der Waals surface area (Å²) in [5.74, 6) is -0.257. The Morgan fingerprint density at radius 2 is 1.96 bits per heavy atom. The van der Waals surface area contributed by atoms with Gasteiger partial charge in [-0.1, -0.05) is 6.07 Å². The van der Waals surface area contributed by atoms with Crippen LogP contribution in [-0.2, 0) is 0 Å². The second-order valence-electron chi connectivity index (χ2n) is 5.94. The molecule has 0 aliphatic carbocycles. The van der Waals surface area contributed by atoms with Crippen molar-refractivity contribution in [3.8, 4) is 0 Å². The summed E-state index contributed by atoms with van der Waals surface area (Å²) in [5, 5.41) is 6.12. The first-order valence-electron chi connectivity index (χ1n) is 7.95. The smallest absolute Gasteiger partial charge is 0.174 e. The normalized spacial score (nSPS) is 19.9. The van der Waals surface area contributed by atoms with Crippen molar-refractivity contribution in [3.05, 3.63) is 82.1 Å². The lowest BCUT2D eigenvalue weighted by Crippen LogP contribution is -2.29. The monoisotopic (exact) mass is 369 g/mol. The van der Waals surface area contributed by atoms with E-state index in [2.05, 4.69) is 33.6 Å². The van der Waals surface area contributed by atoms with Crippen molar-refractivity contribution >= 4 is 34.4 Å². The number of nitrogens with one attached hydrogen (secondary N) is 1. The third-order valence-corrected chi connectivity index (χ3v) is 5.78. The number of pyridine rings is 1. The van der Waals surface area contributed by atoms with Gasteiger partial charge in [0, 0.05) is 16.8 Å². The molecule has 2 atom stereocenters. The molecule has 4 rings (SSSR count). The van der Waals surface area contributed by atoms with Crippen molar-refractivity contribution in [1.82, 2.24) is 10.3 Å². The summed E-state index contributed by atoms with van der Waals surface area (Å²) in [7, 11) is 0. The number of thiophene rings is 1. The first-order valence-corrected chi connectivity index (χ1v) is 9.24. The van der Waals surface area contributed by atoms with Crippen LogP contribution in [0.3, 0.4) is 0 Å². The number of anilines is 1. The van der Waals surface area contributed by atoms with Gasteiger partial charge in [0.05, 0.1) is 17.8 Å². The number of thiocarbonyl (C=S) groups is 1. The number of aromatic nitrogens is 1. The highest BCUT2D eigenvalue weighted by Crippen LogP contribution is 2.44. The van der Waals surface area contributed by atoms with Gasteiger partial charge in [0.25, 0.3) is 0 Å². The van der Waals surface area contributed by atoms with E-state index in [0.29, 0.717) is 5.11 Å². The fourth-order valence-electron chi connectivity index (χ4n) is 3.19. The molecular weight excluding hydrogens is 353 g/mol. The highest BCUT2D eigenvalue weighted by molar-refractivity contribution is 7.80. The van der Waals surface area contributed by atoms with Crippen LogP contribution in [0.15, 0.2) is 60.1 Å². The molecule has 1 aliphatic heterocycles. The lowest BCUT2D eigenvalue weighted by molar-refractivity contribution is 0.573. The number of rotatable bonds is 3. The van der Waals surface area contributed by atoms with Crippen LogP contribution < -0.4 is 10.2 Å². The number of halogens is 1. The molecule has 6 heteroatoms. The average molecular weight is 369 g/mol. The minimum atomic E-state index is -0.257. The lowest BCUT2D eigenvalue weighted by Gasteiger charge is -2.27. The summed E-state index contributed by atoms with van der Waals surface area (Å²) >= 11 is 7.33. The van der Waals surface area contributed by atoms with E-state index >= 15 is 0 Å². The molecule has 1 aliphatic rings. The summed E-state index contributed by atoms with van der Waals surface area (Å²) in [6.45, 7) is 2.10. The van der Waals surface area contributed by atoms with Crippen LogP contribution in [0.2, 0.25) is 0 Å². The largest absolute Gasteiger partial charge is 0.351 e. The minimum absolute atomic E-state index is 0.0205. The zero-order valence-corrected chi connectivity index (χ0v) is 15.2. The van der Waals surface area contributed by atoms with Crippen molar-refractivity contribution in [2.45, 2.75) is 19.0 Å². The molecule has 25 heavy (non-hydrogen) atoms. The van der Waals surface area contributed by atoms with Gasteiger partial charge in [-0.05, 0) is 72.5 Å². The molecule has 2 aromatic heterocycles. The summed E-state index contributed by atoms with van der Waals surface area (Å²) in [6, 6.07) is 14.4. The van der Waals surface area contributed by atoms with Crippen molar-refractivity contribution < 1.29 is 4.39 Å². The molecule has 0 unspecified atom stereocenters. The van der Waals surface area contributed by atoms with Crippen LogP contribution in [0.25, 0.3) is 0 Å². The molecule has 3 nitrogen and oxygen atoms in total. The SMILES string of the molecule is Cc1ccsc1[C@H]1[C@@H](c2ccccn2)NC(=S)N1c1ccc(F)cc1. The van der Waals surface area contributed by atoms with Gasteiger partial charge in [-0.3, -0.25) is 4.98 Å². The second-order valence-corrected chi connectivity index (χ2v) is 7.28. The highest BCUT2D eigenvalue weighted by Gasteiger charge is 2.41. The number of hydrogen-bond acceptors (Lipinski definition) is 3. The third-order valence-electron chi connectivity index (χ3n) is 4.37. The van der Waals surface area contributed by atoms with E-state index in [9.17, 15) is 4.39 Å². The van der Waals surface area contributed by atoms with Crippen molar-refractivity contribution in [2.75, 3.05) is 4.90 Å². The van der Waals surface area contributed by atoms with E-state index in [-0.39, 0.29) is 17.9 Å². The number of hydrogen-bond donors (Lipinski definition) is 1. The summed E-state index contributed by atoms with van der Waals surface area (Å²) < 4.78 is 13.4. The first kappa shape index (κ1) is 16.2. The van der Waals surface area contributed by atoms with Gasteiger partial charge < -0.3 is 10.2 Å². The molecule has 0 saturated carbocycles. The maximum absolute atomic E-state index is 13.4. The molecule has 1 N–H and O–H groups in total. The van der Waals surface area contributed by atoms with Gasteiger partial charge in [-0.15, -0.1) is 11.3 Å². The summed E-state index contributed by atoms with van der Waals surface area (Å²) in [5.41, 5.74) is 3.02. The zero-order valence-electron chi connectivity index (χ0n) is 13.5. The molecule has 1 aromatic carbocycles. The lowest BCUT2D eigenvalue weighted by atomic mass is 10.0. The van der Waals surface area contributed by atoms with Crippen LogP contribution in [0, 0.1) is 12.7 Å². The maximum Gasteiger partial charge on any atom is 0.174 e. The Hall–Kier alpha value is -2.31. The molecule has 0 radical (unpaired) electrons. The number of nitrogens with zero attached hydrogens (tertiary/aromatic N) is 2. The molecule has 1 fully saturated rings. The highest BCUT2D eigenvalue weighted by atomic mass is 32.1. The van der Waals surface area contributed by atoms with Crippen LogP contribution >= 0.6 is 23.6 Å². The average Bonchev–Trinajstić information content (AvgIpc) is 3.19. The number of aryl methyl sites for hydroxylation is 1. The molecule has 3 aromatic rings. The fraction of sp³-hybridized carbons (Fsp3) is 0.158. The predicted molar refractivity (Wildman–Crippen MR) is 103 cm³/mol. The standard InChI is InChI=1S/C19H16FN3S2/c1-12-9-11-25-18(12)17-16(15-4-2-3-10-21-15)22-19(24)23(17)14-7-5-13(20)6-8-14/h2-11,16-17H,1H3,(H,22,24)/t16-,17-/m1/s1. The zero-order chi connectivity index (χ0) is 17.4. The Kier molecular flexibility index (Phi) is 4.23. The van der Waals surface area contributed by atoms with Gasteiger partial charge in [-0.2, -0.15) is 0 Å². The van der Waals surface area contributed by atoms with Gasteiger partial charge >= 0.3 is 0 Å². The van der Waals surface area contributed by atoms with Crippen LogP contribution in [0.1, 0.15) is 28.2 Å². The van der Waals surface area contributed by atoms with Crippen LogP contribution in [0.5, 0.6) is 0 Å². The van der Waals surface area contributed by atoms with Gasteiger partial charge in [-0.25, -0.2) is 4.39 Å². The predicted octanol–water partition coefficient (Wildman–Crippen LogP) is 4.77. The van der Waals surface area contributed by atoms with Crippen LogP contribution in [0.4, 0.5) is 10.1 Å². The Balaban J connectivity index is 1.83. The second kappa shape index (κ2) is 6.54. The van der Waals surface area contributed by atoms with E-state index in [1.807, 2.05) is 18.2 Å². The Morgan fingerprint density at radius 3 is 2.60 bits per heavy atom. The van der Waals surface area contributed by atoms with E-state index < -0.39 is 0 Å². The molecule has 0 amide bonds. The molecule has 0 bridgehead atoms. The molecule has 0 spiro atoms. The Bertz CT molecular complexity index is 893. The Morgan fingerprint density at radius 1 is 1.16 bits per heavy atom. The van der Waals surface area contributed by atoms with Crippen molar-refractivity contribution in [1.29, 1.82) is 0 Å².